The molecule has 0 aromatic heterocycles. The molecule has 0 fully saturated rings. The second kappa shape index (κ2) is 5.19. The molecule has 0 rings (SSSR count). The SMILES string of the molecule is C=C(C)C(=O)OCCO[Si](C)(C)C. The standard InChI is InChI=1S/C9H18O3Si/c1-8(2)9(10)11-6-7-12-13(3,4)5/h1,6-7H2,2-5H3. The van der Waals surface area contributed by atoms with Crippen molar-refractivity contribution in [1.82, 2.24) is 0 Å². The summed E-state index contributed by atoms with van der Waals surface area (Å²) in [5.74, 6) is -0.348. The minimum atomic E-state index is -1.47. The van der Waals surface area contributed by atoms with E-state index in [2.05, 4.69) is 26.2 Å². The first-order chi connectivity index (χ1) is 5.83. The van der Waals surface area contributed by atoms with Gasteiger partial charge in [-0.05, 0) is 26.6 Å². The van der Waals surface area contributed by atoms with Crippen LogP contribution in [-0.2, 0) is 14.0 Å². The van der Waals surface area contributed by atoms with Crippen LogP contribution in [0.1, 0.15) is 6.92 Å². The highest BCUT2D eigenvalue weighted by Gasteiger charge is 2.13. The lowest BCUT2D eigenvalue weighted by molar-refractivity contribution is -0.139. The molecular formula is C9H18O3Si. The van der Waals surface area contributed by atoms with E-state index in [1.165, 1.54) is 0 Å². The predicted molar refractivity (Wildman–Crippen MR) is 55.1 cm³/mol. The van der Waals surface area contributed by atoms with E-state index < -0.39 is 8.32 Å². The summed E-state index contributed by atoms with van der Waals surface area (Å²) in [6.45, 7) is 12.2. The highest BCUT2D eigenvalue weighted by molar-refractivity contribution is 6.69. The lowest BCUT2D eigenvalue weighted by atomic mass is 10.4. The number of carbonyl (C=O) groups is 1. The first kappa shape index (κ1) is 12.4. The molecule has 3 nitrogen and oxygen atoms in total. The highest BCUT2D eigenvalue weighted by atomic mass is 28.4. The molecule has 0 aromatic carbocycles. The van der Waals surface area contributed by atoms with Crippen LogP contribution in [0.25, 0.3) is 0 Å². The molecular weight excluding hydrogens is 184 g/mol. The van der Waals surface area contributed by atoms with Crippen molar-refractivity contribution in [2.45, 2.75) is 26.6 Å². The fourth-order valence-corrected chi connectivity index (χ4v) is 1.30. The predicted octanol–water partition coefficient (Wildman–Crippen LogP) is 1.96. The Labute approximate surface area is 80.9 Å². The van der Waals surface area contributed by atoms with Gasteiger partial charge in [0.15, 0.2) is 8.32 Å². The third kappa shape index (κ3) is 7.74. The molecule has 0 saturated carbocycles. The van der Waals surface area contributed by atoms with E-state index in [0.29, 0.717) is 18.8 Å². The molecule has 76 valence electrons. The molecule has 0 atom stereocenters. The van der Waals surface area contributed by atoms with Gasteiger partial charge in [-0.2, -0.15) is 0 Å². The molecule has 4 heteroatoms. The van der Waals surface area contributed by atoms with Crippen LogP contribution >= 0.6 is 0 Å². The molecule has 13 heavy (non-hydrogen) atoms. The van der Waals surface area contributed by atoms with Crippen LogP contribution in [0.2, 0.25) is 19.6 Å². The third-order valence-corrected chi connectivity index (χ3v) is 2.27. The van der Waals surface area contributed by atoms with Crippen LogP contribution in [0.3, 0.4) is 0 Å². The van der Waals surface area contributed by atoms with Crippen LogP contribution in [-0.4, -0.2) is 27.5 Å². The molecule has 0 aromatic rings. The summed E-state index contributed by atoms with van der Waals surface area (Å²) in [6, 6.07) is 0. The monoisotopic (exact) mass is 202 g/mol. The Bertz CT molecular complexity index is 194. The second-order valence-corrected chi connectivity index (χ2v) is 8.39. The van der Waals surface area contributed by atoms with Gasteiger partial charge in [0, 0.05) is 5.57 Å². The topological polar surface area (TPSA) is 35.5 Å². The number of ether oxygens (including phenoxy) is 1. The van der Waals surface area contributed by atoms with Crippen LogP contribution in [0.4, 0.5) is 0 Å². The zero-order chi connectivity index (χ0) is 10.5. The highest BCUT2D eigenvalue weighted by Crippen LogP contribution is 2.01. The number of hydrogen-bond acceptors (Lipinski definition) is 3. The van der Waals surface area contributed by atoms with Gasteiger partial charge in [-0.1, -0.05) is 6.58 Å². The lowest BCUT2D eigenvalue weighted by Gasteiger charge is -2.16. The molecule has 0 amide bonds. The fourth-order valence-electron chi connectivity index (χ4n) is 0.605. The maximum atomic E-state index is 10.9. The molecule has 0 aliphatic heterocycles. The van der Waals surface area contributed by atoms with Gasteiger partial charge in [-0.15, -0.1) is 0 Å². The van der Waals surface area contributed by atoms with Crippen LogP contribution in [0.5, 0.6) is 0 Å². The van der Waals surface area contributed by atoms with E-state index in [1.807, 2.05) is 0 Å². The van der Waals surface area contributed by atoms with Gasteiger partial charge in [-0.3, -0.25) is 0 Å². The summed E-state index contributed by atoms with van der Waals surface area (Å²) in [5, 5.41) is 0. The van der Waals surface area contributed by atoms with Crippen molar-refractivity contribution in [2.24, 2.45) is 0 Å². The van der Waals surface area contributed by atoms with E-state index in [1.54, 1.807) is 6.92 Å². The van der Waals surface area contributed by atoms with Crippen LogP contribution in [0, 0.1) is 0 Å². The number of hydrogen-bond donors (Lipinski definition) is 0. The minimum Gasteiger partial charge on any atom is -0.460 e. The molecule has 0 unspecified atom stereocenters. The van der Waals surface area contributed by atoms with Crippen molar-refractivity contribution < 1.29 is 14.0 Å². The maximum absolute atomic E-state index is 10.9. The summed E-state index contributed by atoms with van der Waals surface area (Å²) in [5.41, 5.74) is 0.424. The molecule has 0 radical (unpaired) electrons. The van der Waals surface area contributed by atoms with Gasteiger partial charge in [-0.25, -0.2) is 4.79 Å². The van der Waals surface area contributed by atoms with Crippen LogP contribution < -0.4 is 0 Å². The van der Waals surface area contributed by atoms with E-state index >= 15 is 0 Å². The summed E-state index contributed by atoms with van der Waals surface area (Å²) in [4.78, 5) is 10.9. The van der Waals surface area contributed by atoms with Crippen molar-refractivity contribution in [3.05, 3.63) is 12.2 Å². The summed E-state index contributed by atoms with van der Waals surface area (Å²) < 4.78 is 10.3. The molecule has 0 N–H and O–H groups in total. The number of esters is 1. The normalized spacial score (nSPS) is 11.1. The average molecular weight is 202 g/mol. The van der Waals surface area contributed by atoms with Gasteiger partial charge >= 0.3 is 5.97 Å². The average Bonchev–Trinajstić information content (AvgIpc) is 1.95. The Kier molecular flexibility index (Phi) is 4.94. The van der Waals surface area contributed by atoms with Gasteiger partial charge in [0.05, 0.1) is 6.61 Å². The quantitative estimate of drug-likeness (QED) is 0.296. The van der Waals surface area contributed by atoms with E-state index in [9.17, 15) is 4.79 Å². The van der Waals surface area contributed by atoms with Crippen molar-refractivity contribution in [1.29, 1.82) is 0 Å². The first-order valence-corrected chi connectivity index (χ1v) is 7.70. The molecule has 0 saturated heterocycles. The summed E-state index contributed by atoms with van der Waals surface area (Å²) in [7, 11) is -1.47. The number of rotatable bonds is 5. The Balaban J connectivity index is 3.47. The van der Waals surface area contributed by atoms with Gasteiger partial charge in [0.25, 0.3) is 0 Å². The van der Waals surface area contributed by atoms with E-state index in [0.717, 1.165) is 0 Å². The van der Waals surface area contributed by atoms with Crippen molar-refractivity contribution >= 4 is 14.3 Å². The Morgan fingerprint density at radius 2 is 1.85 bits per heavy atom. The Morgan fingerprint density at radius 1 is 1.31 bits per heavy atom. The second-order valence-electron chi connectivity index (χ2n) is 3.88. The van der Waals surface area contributed by atoms with Gasteiger partial charge < -0.3 is 9.16 Å². The van der Waals surface area contributed by atoms with Crippen molar-refractivity contribution in [2.75, 3.05) is 13.2 Å². The number of carbonyl (C=O) groups excluding carboxylic acids is 1. The fraction of sp³-hybridized carbons (Fsp3) is 0.667. The molecule has 0 spiro atoms. The van der Waals surface area contributed by atoms with Crippen LogP contribution in [0.15, 0.2) is 12.2 Å². The minimum absolute atomic E-state index is 0.315. The molecule has 0 heterocycles. The first-order valence-electron chi connectivity index (χ1n) is 4.29. The Hall–Kier alpha value is -0.613. The summed E-state index contributed by atoms with van der Waals surface area (Å²) >= 11 is 0. The zero-order valence-electron chi connectivity index (χ0n) is 8.85. The summed E-state index contributed by atoms with van der Waals surface area (Å²) in [6.07, 6.45) is 0. The van der Waals surface area contributed by atoms with E-state index in [-0.39, 0.29) is 5.97 Å². The smallest absolute Gasteiger partial charge is 0.333 e. The largest absolute Gasteiger partial charge is 0.460 e. The zero-order valence-corrected chi connectivity index (χ0v) is 9.85. The maximum Gasteiger partial charge on any atom is 0.333 e. The van der Waals surface area contributed by atoms with E-state index in [4.69, 9.17) is 9.16 Å². The van der Waals surface area contributed by atoms with Crippen molar-refractivity contribution in [3.63, 3.8) is 0 Å². The Morgan fingerprint density at radius 3 is 2.23 bits per heavy atom. The van der Waals surface area contributed by atoms with Gasteiger partial charge in [0.1, 0.15) is 6.61 Å². The van der Waals surface area contributed by atoms with Gasteiger partial charge in [0.2, 0.25) is 0 Å². The lowest BCUT2D eigenvalue weighted by Crippen LogP contribution is -2.27. The molecule has 0 aliphatic rings. The molecule has 0 aliphatic carbocycles. The molecule has 0 bridgehead atoms. The van der Waals surface area contributed by atoms with Crippen molar-refractivity contribution in [3.8, 4) is 0 Å². The third-order valence-electron chi connectivity index (χ3n) is 1.20.